The van der Waals surface area contributed by atoms with Gasteiger partial charge in [0.2, 0.25) is 10.0 Å². The van der Waals surface area contributed by atoms with E-state index in [0.29, 0.717) is 19.0 Å². The first-order valence-electron chi connectivity index (χ1n) is 8.36. The van der Waals surface area contributed by atoms with Crippen LogP contribution in [0.15, 0.2) is 23.5 Å². The molecule has 8 nitrogen and oxygen atoms in total. The third-order valence-corrected chi connectivity index (χ3v) is 5.54. The fourth-order valence-corrected chi connectivity index (χ4v) is 3.66. The second kappa shape index (κ2) is 9.03. The summed E-state index contributed by atoms with van der Waals surface area (Å²) >= 11 is 0. The zero-order valence-corrected chi connectivity index (χ0v) is 15.3. The maximum absolute atomic E-state index is 11.5. The third-order valence-electron chi connectivity index (χ3n) is 4.24. The van der Waals surface area contributed by atoms with Gasteiger partial charge in [-0.3, -0.25) is 9.67 Å². The first-order valence-corrected chi connectivity index (χ1v) is 10.2. The Labute approximate surface area is 144 Å². The summed E-state index contributed by atoms with van der Waals surface area (Å²) in [6, 6.07) is 1.92. The minimum Gasteiger partial charge on any atom is -0.356 e. The molecule has 2 heterocycles. The molecule has 0 bridgehead atoms. The number of aliphatic imine (C=N–C) groups is 1. The van der Waals surface area contributed by atoms with E-state index in [1.165, 1.54) is 6.26 Å². The number of sulfonamides is 1. The summed E-state index contributed by atoms with van der Waals surface area (Å²) in [5.41, 5.74) is 0. The number of aromatic nitrogens is 2. The molecule has 1 saturated heterocycles. The van der Waals surface area contributed by atoms with Crippen LogP contribution in [-0.2, 0) is 16.6 Å². The summed E-state index contributed by atoms with van der Waals surface area (Å²) in [5, 5.41) is 10.8. The molecule has 1 aliphatic rings. The predicted molar refractivity (Wildman–Crippen MR) is 95.3 cm³/mol. The minimum absolute atomic E-state index is 0.477. The molecule has 2 N–H and O–H groups in total. The van der Waals surface area contributed by atoms with Crippen LogP contribution in [-0.4, -0.2) is 67.9 Å². The van der Waals surface area contributed by atoms with Gasteiger partial charge in [0.15, 0.2) is 5.96 Å². The predicted octanol–water partition coefficient (Wildman–Crippen LogP) is 0.110. The molecule has 0 spiro atoms. The summed E-state index contributed by atoms with van der Waals surface area (Å²) in [5.74, 6) is 1.27. The van der Waals surface area contributed by atoms with Gasteiger partial charge in [-0.15, -0.1) is 0 Å². The number of hydrogen-bond donors (Lipinski definition) is 2. The molecule has 0 aliphatic carbocycles. The maximum atomic E-state index is 11.5. The van der Waals surface area contributed by atoms with E-state index in [1.54, 1.807) is 17.5 Å². The Bertz CT molecular complexity index is 606. The zero-order chi connectivity index (χ0) is 17.4. The summed E-state index contributed by atoms with van der Waals surface area (Å²) in [7, 11) is -1.29. The highest BCUT2D eigenvalue weighted by Crippen LogP contribution is 2.18. The zero-order valence-electron chi connectivity index (χ0n) is 14.5. The van der Waals surface area contributed by atoms with Crippen LogP contribution in [0.2, 0.25) is 0 Å². The molecule has 0 aromatic carbocycles. The first-order chi connectivity index (χ1) is 11.5. The number of nitrogens with zero attached hydrogens (tertiary/aromatic N) is 4. The Kier molecular flexibility index (Phi) is 7.04. The molecule has 0 saturated carbocycles. The molecule has 1 aromatic heterocycles. The number of nitrogens with one attached hydrogen (secondary N) is 2. The summed E-state index contributed by atoms with van der Waals surface area (Å²) < 4.78 is 26.5. The van der Waals surface area contributed by atoms with Gasteiger partial charge >= 0.3 is 0 Å². The molecule has 1 fully saturated rings. The largest absolute Gasteiger partial charge is 0.356 e. The highest BCUT2D eigenvalue weighted by Gasteiger charge is 2.24. The van der Waals surface area contributed by atoms with Crippen molar-refractivity contribution in [3.63, 3.8) is 0 Å². The molecule has 0 amide bonds. The van der Waals surface area contributed by atoms with Crippen molar-refractivity contribution in [3.05, 3.63) is 18.5 Å². The Morgan fingerprint density at radius 3 is 2.67 bits per heavy atom. The van der Waals surface area contributed by atoms with Gasteiger partial charge in [-0.25, -0.2) is 12.7 Å². The van der Waals surface area contributed by atoms with Gasteiger partial charge in [-0.05, 0) is 31.2 Å². The smallest absolute Gasteiger partial charge is 0.211 e. The van der Waals surface area contributed by atoms with E-state index >= 15 is 0 Å². The van der Waals surface area contributed by atoms with Crippen molar-refractivity contribution in [2.24, 2.45) is 10.9 Å². The minimum atomic E-state index is -3.05. The quantitative estimate of drug-likeness (QED) is 0.411. The van der Waals surface area contributed by atoms with Crippen LogP contribution in [0.4, 0.5) is 0 Å². The van der Waals surface area contributed by atoms with E-state index < -0.39 is 10.0 Å². The normalized spacial score (nSPS) is 17.8. The number of hydrogen-bond acceptors (Lipinski definition) is 4. The second-order valence-electron chi connectivity index (χ2n) is 6.11. The number of guanidine groups is 1. The molecule has 24 heavy (non-hydrogen) atoms. The standard InChI is InChI=1S/C15H28N6O2S/c1-16-15(17-7-3-9-20-10-4-8-19-20)18-13-14-5-11-21(12-6-14)24(2,22)23/h4,8,10,14H,3,5-7,9,11-13H2,1-2H3,(H2,16,17,18). The summed E-state index contributed by atoms with van der Waals surface area (Å²) in [6.45, 7) is 3.74. The number of aryl methyl sites for hydroxylation is 1. The van der Waals surface area contributed by atoms with Crippen LogP contribution in [0.5, 0.6) is 0 Å². The average Bonchev–Trinajstić information content (AvgIpc) is 3.07. The van der Waals surface area contributed by atoms with E-state index in [2.05, 4.69) is 20.7 Å². The van der Waals surface area contributed by atoms with Crippen molar-refractivity contribution < 1.29 is 8.42 Å². The van der Waals surface area contributed by atoms with Gasteiger partial charge in [-0.1, -0.05) is 0 Å². The van der Waals surface area contributed by atoms with Gasteiger partial charge in [0.05, 0.1) is 6.26 Å². The van der Waals surface area contributed by atoms with Gasteiger partial charge in [0.1, 0.15) is 0 Å². The molecule has 0 radical (unpaired) electrons. The van der Waals surface area contributed by atoms with Gasteiger partial charge < -0.3 is 10.6 Å². The highest BCUT2D eigenvalue weighted by molar-refractivity contribution is 7.88. The molecule has 0 unspecified atom stereocenters. The SMILES string of the molecule is CN=C(NCCCn1cccn1)NCC1CCN(S(C)(=O)=O)CC1. The van der Waals surface area contributed by atoms with E-state index in [4.69, 9.17) is 0 Å². The number of rotatable bonds is 7. The van der Waals surface area contributed by atoms with E-state index in [1.807, 2.05) is 16.9 Å². The topological polar surface area (TPSA) is 91.6 Å². The lowest BCUT2D eigenvalue weighted by atomic mass is 9.98. The lowest BCUT2D eigenvalue weighted by Crippen LogP contribution is -2.44. The van der Waals surface area contributed by atoms with E-state index in [9.17, 15) is 8.42 Å². The van der Waals surface area contributed by atoms with Crippen molar-refractivity contribution in [2.45, 2.75) is 25.8 Å². The lowest BCUT2D eigenvalue weighted by molar-refractivity contribution is 0.275. The summed E-state index contributed by atoms with van der Waals surface area (Å²) in [4.78, 5) is 4.23. The molecule has 136 valence electrons. The fourth-order valence-electron chi connectivity index (χ4n) is 2.79. The van der Waals surface area contributed by atoms with Crippen molar-refractivity contribution in [2.75, 3.05) is 39.5 Å². The Balaban J connectivity index is 1.61. The Hall–Kier alpha value is -1.61. The maximum Gasteiger partial charge on any atom is 0.211 e. The van der Waals surface area contributed by atoms with E-state index in [-0.39, 0.29) is 0 Å². The molecule has 9 heteroatoms. The first kappa shape index (κ1) is 18.7. The van der Waals surface area contributed by atoms with Crippen molar-refractivity contribution in [1.82, 2.24) is 24.7 Å². The molecule has 1 aliphatic heterocycles. The lowest BCUT2D eigenvalue weighted by Gasteiger charge is -2.30. The second-order valence-corrected chi connectivity index (χ2v) is 8.09. The summed E-state index contributed by atoms with van der Waals surface area (Å²) in [6.07, 6.45) is 7.75. The highest BCUT2D eigenvalue weighted by atomic mass is 32.2. The van der Waals surface area contributed by atoms with E-state index in [0.717, 1.165) is 44.9 Å². The Morgan fingerprint density at radius 1 is 1.33 bits per heavy atom. The van der Waals surface area contributed by atoms with Crippen LogP contribution in [0.25, 0.3) is 0 Å². The fraction of sp³-hybridized carbons (Fsp3) is 0.733. The molecular formula is C15H28N6O2S. The van der Waals surface area contributed by atoms with Gasteiger partial charge in [0.25, 0.3) is 0 Å². The molecule has 0 atom stereocenters. The van der Waals surface area contributed by atoms with Crippen LogP contribution in [0.3, 0.4) is 0 Å². The Morgan fingerprint density at radius 2 is 2.08 bits per heavy atom. The van der Waals surface area contributed by atoms with Gasteiger partial charge in [0, 0.05) is 52.2 Å². The van der Waals surface area contributed by atoms with Crippen LogP contribution >= 0.6 is 0 Å². The molecule has 2 rings (SSSR count). The van der Waals surface area contributed by atoms with Crippen LogP contribution < -0.4 is 10.6 Å². The van der Waals surface area contributed by atoms with Gasteiger partial charge in [-0.2, -0.15) is 5.10 Å². The van der Waals surface area contributed by atoms with Crippen molar-refractivity contribution in [3.8, 4) is 0 Å². The number of piperidine rings is 1. The molecular weight excluding hydrogens is 328 g/mol. The monoisotopic (exact) mass is 356 g/mol. The average molecular weight is 356 g/mol. The third kappa shape index (κ3) is 6.12. The van der Waals surface area contributed by atoms with Crippen molar-refractivity contribution >= 4 is 16.0 Å². The van der Waals surface area contributed by atoms with Crippen LogP contribution in [0, 0.1) is 5.92 Å². The van der Waals surface area contributed by atoms with Crippen LogP contribution in [0.1, 0.15) is 19.3 Å². The molecule has 1 aromatic rings. The van der Waals surface area contributed by atoms with Crippen molar-refractivity contribution in [1.29, 1.82) is 0 Å².